The molecule has 0 heterocycles. The van der Waals surface area contributed by atoms with Crippen LogP contribution in [0.5, 0.6) is 11.5 Å². The van der Waals surface area contributed by atoms with Crippen molar-refractivity contribution in [3.8, 4) is 11.5 Å². The van der Waals surface area contributed by atoms with Gasteiger partial charge in [-0.1, -0.05) is 48.0 Å². The minimum atomic E-state index is -3.94. The predicted molar refractivity (Wildman–Crippen MR) is 112 cm³/mol. The molecule has 3 aromatic carbocycles. The lowest BCUT2D eigenvalue weighted by atomic mass is 10.1. The first-order valence-electron chi connectivity index (χ1n) is 8.69. The molecule has 0 bridgehead atoms. The topological polar surface area (TPSA) is 104 Å². The van der Waals surface area contributed by atoms with Crippen LogP contribution in [0.1, 0.15) is 21.5 Å². The number of rotatable bonds is 6. The number of carbonyl (C=O) groups excluding carboxylic acids is 1. The highest BCUT2D eigenvalue weighted by Crippen LogP contribution is 2.33. The Hall–Kier alpha value is -3.58. The van der Waals surface area contributed by atoms with Gasteiger partial charge < -0.3 is 10.2 Å². The normalized spacial score (nSPS) is 11.5. The first kappa shape index (κ1) is 20.2. The molecule has 3 aromatic rings. The zero-order valence-electron chi connectivity index (χ0n) is 15.5. The van der Waals surface area contributed by atoms with E-state index >= 15 is 0 Å². The molecule has 3 N–H and O–H groups in total. The minimum Gasteiger partial charge on any atom is -0.507 e. The van der Waals surface area contributed by atoms with Crippen molar-refractivity contribution in [1.29, 1.82) is 0 Å². The Bertz CT molecular complexity index is 1170. The van der Waals surface area contributed by atoms with E-state index in [0.717, 1.165) is 11.6 Å². The zero-order chi connectivity index (χ0) is 21.0. The average molecular weight is 409 g/mol. The quantitative estimate of drug-likeness (QED) is 0.246. The molecule has 148 valence electrons. The smallest absolute Gasteiger partial charge is 0.262 e. The molecule has 0 atom stereocenters. The van der Waals surface area contributed by atoms with Gasteiger partial charge in [-0.25, -0.2) is 8.42 Å². The molecule has 0 saturated heterocycles. The van der Waals surface area contributed by atoms with Crippen molar-refractivity contribution >= 4 is 27.6 Å². The number of phenols is 2. The summed E-state index contributed by atoms with van der Waals surface area (Å²) in [6.45, 7) is 1.84. The molecule has 0 aliphatic heterocycles. The van der Waals surface area contributed by atoms with Gasteiger partial charge in [0.15, 0.2) is 5.78 Å². The van der Waals surface area contributed by atoms with Crippen LogP contribution >= 0.6 is 0 Å². The fourth-order valence-corrected chi connectivity index (χ4v) is 3.66. The third-order valence-electron chi connectivity index (χ3n) is 4.19. The van der Waals surface area contributed by atoms with Gasteiger partial charge >= 0.3 is 0 Å². The summed E-state index contributed by atoms with van der Waals surface area (Å²) in [6.07, 6.45) is 2.61. The average Bonchev–Trinajstić information content (AvgIpc) is 2.70. The number of hydrogen-bond acceptors (Lipinski definition) is 5. The Labute approximate surface area is 168 Å². The molecule has 0 unspecified atom stereocenters. The van der Waals surface area contributed by atoms with Crippen LogP contribution in [-0.4, -0.2) is 24.4 Å². The monoisotopic (exact) mass is 409 g/mol. The number of allylic oxidation sites excluding steroid dienone is 1. The zero-order valence-corrected chi connectivity index (χ0v) is 16.3. The van der Waals surface area contributed by atoms with Gasteiger partial charge in [0.25, 0.3) is 10.0 Å². The van der Waals surface area contributed by atoms with Gasteiger partial charge in [0, 0.05) is 17.2 Å². The van der Waals surface area contributed by atoms with Crippen molar-refractivity contribution in [2.24, 2.45) is 0 Å². The molecule has 0 amide bonds. The molecular weight excluding hydrogens is 390 g/mol. The number of sulfonamides is 1. The Morgan fingerprint density at radius 2 is 1.59 bits per heavy atom. The van der Waals surface area contributed by atoms with Crippen LogP contribution in [0.3, 0.4) is 0 Å². The third kappa shape index (κ3) is 4.83. The van der Waals surface area contributed by atoms with Crippen molar-refractivity contribution in [2.75, 3.05) is 4.72 Å². The number of anilines is 1. The summed E-state index contributed by atoms with van der Waals surface area (Å²) in [7, 11) is -3.94. The molecule has 0 radical (unpaired) electrons. The first-order chi connectivity index (χ1) is 13.8. The summed E-state index contributed by atoms with van der Waals surface area (Å²) >= 11 is 0. The molecule has 0 fully saturated rings. The van der Waals surface area contributed by atoms with E-state index in [1.165, 1.54) is 30.4 Å². The summed E-state index contributed by atoms with van der Waals surface area (Å²) in [5, 5.41) is 20.4. The van der Waals surface area contributed by atoms with Crippen molar-refractivity contribution in [1.82, 2.24) is 0 Å². The Kier molecular flexibility index (Phi) is 5.70. The molecule has 29 heavy (non-hydrogen) atoms. The van der Waals surface area contributed by atoms with Crippen LogP contribution in [0.25, 0.3) is 6.08 Å². The van der Waals surface area contributed by atoms with E-state index < -0.39 is 10.0 Å². The second-order valence-corrected chi connectivity index (χ2v) is 8.09. The van der Waals surface area contributed by atoms with E-state index in [1.54, 1.807) is 42.5 Å². The summed E-state index contributed by atoms with van der Waals surface area (Å²) in [4.78, 5) is 12.2. The van der Waals surface area contributed by atoms with Crippen molar-refractivity contribution in [2.45, 2.75) is 11.8 Å². The maximum atomic E-state index is 12.5. The summed E-state index contributed by atoms with van der Waals surface area (Å²) in [5.41, 5.74) is 1.39. The number of phenolic OH excluding ortho intramolecular Hbond substituents is 2. The number of nitrogens with one attached hydrogen (secondary N) is 1. The van der Waals surface area contributed by atoms with E-state index in [4.69, 9.17) is 0 Å². The molecule has 3 rings (SSSR count). The van der Waals surface area contributed by atoms with Crippen LogP contribution in [0.2, 0.25) is 0 Å². The third-order valence-corrected chi connectivity index (χ3v) is 5.57. The van der Waals surface area contributed by atoms with Crippen LogP contribution < -0.4 is 4.72 Å². The molecule has 0 aromatic heterocycles. The number of aromatic hydroxyl groups is 2. The van der Waals surface area contributed by atoms with E-state index in [1.807, 2.05) is 6.92 Å². The number of hydrogen-bond donors (Lipinski definition) is 3. The SMILES string of the molecule is Cc1ccc(S(=O)(=O)Nc2cc(O)c(/C=C/C(=O)c3ccccc3)cc2O)cc1. The van der Waals surface area contributed by atoms with Crippen molar-refractivity contribution < 1.29 is 23.4 Å². The first-order valence-corrected chi connectivity index (χ1v) is 10.2. The maximum Gasteiger partial charge on any atom is 0.262 e. The molecule has 0 spiro atoms. The lowest BCUT2D eigenvalue weighted by Crippen LogP contribution is -2.13. The highest BCUT2D eigenvalue weighted by atomic mass is 32.2. The highest BCUT2D eigenvalue weighted by molar-refractivity contribution is 7.92. The van der Waals surface area contributed by atoms with Crippen molar-refractivity contribution in [3.05, 3.63) is 89.5 Å². The number of benzene rings is 3. The standard InChI is InChI=1S/C22H19NO5S/c1-15-7-10-18(11-8-15)29(27,28)23-19-14-21(25)17(13-22(19)26)9-12-20(24)16-5-3-2-4-6-16/h2-14,23,25-26H,1H3/b12-9+. The number of aryl methyl sites for hydroxylation is 1. The number of carbonyl (C=O) groups is 1. The summed E-state index contributed by atoms with van der Waals surface area (Å²) < 4.78 is 27.2. The summed E-state index contributed by atoms with van der Waals surface area (Å²) in [5.74, 6) is -0.944. The van der Waals surface area contributed by atoms with Gasteiger partial charge in [-0.2, -0.15) is 0 Å². The fraction of sp³-hybridized carbons (Fsp3) is 0.0455. The Balaban J connectivity index is 1.83. The van der Waals surface area contributed by atoms with Gasteiger partial charge in [0.1, 0.15) is 11.5 Å². The molecule has 6 nitrogen and oxygen atoms in total. The second-order valence-electron chi connectivity index (χ2n) is 6.41. The largest absolute Gasteiger partial charge is 0.507 e. The van der Waals surface area contributed by atoms with Gasteiger partial charge in [-0.05, 0) is 37.3 Å². The lowest BCUT2D eigenvalue weighted by molar-refractivity contribution is 0.104. The second kappa shape index (κ2) is 8.20. The fourth-order valence-electron chi connectivity index (χ4n) is 2.59. The van der Waals surface area contributed by atoms with E-state index in [9.17, 15) is 23.4 Å². The van der Waals surface area contributed by atoms with Gasteiger partial charge in [-0.3, -0.25) is 9.52 Å². The van der Waals surface area contributed by atoms with Crippen LogP contribution in [0, 0.1) is 6.92 Å². The number of ketones is 1. The van der Waals surface area contributed by atoms with E-state index in [-0.39, 0.29) is 33.4 Å². The van der Waals surface area contributed by atoms with Gasteiger partial charge in [0.05, 0.1) is 10.6 Å². The Morgan fingerprint density at radius 1 is 0.931 bits per heavy atom. The van der Waals surface area contributed by atoms with Gasteiger partial charge in [-0.15, -0.1) is 0 Å². The highest BCUT2D eigenvalue weighted by Gasteiger charge is 2.17. The van der Waals surface area contributed by atoms with Crippen LogP contribution in [0.15, 0.2) is 77.7 Å². The van der Waals surface area contributed by atoms with E-state index in [0.29, 0.717) is 5.56 Å². The lowest BCUT2D eigenvalue weighted by Gasteiger charge is -2.11. The molecule has 0 saturated carbocycles. The molecule has 0 aliphatic carbocycles. The minimum absolute atomic E-state index is 0.0272. The van der Waals surface area contributed by atoms with Gasteiger partial charge in [0.2, 0.25) is 0 Å². The Morgan fingerprint density at radius 3 is 2.24 bits per heavy atom. The van der Waals surface area contributed by atoms with Crippen molar-refractivity contribution in [3.63, 3.8) is 0 Å². The van der Waals surface area contributed by atoms with Crippen LogP contribution in [0.4, 0.5) is 5.69 Å². The maximum absolute atomic E-state index is 12.5. The molecular formula is C22H19NO5S. The van der Waals surface area contributed by atoms with E-state index in [2.05, 4.69) is 4.72 Å². The molecule has 0 aliphatic rings. The predicted octanol–water partition coefficient (Wildman–Crippen LogP) is 4.10. The summed E-state index contributed by atoms with van der Waals surface area (Å²) in [6, 6.07) is 17.1. The van der Waals surface area contributed by atoms with Crippen LogP contribution in [-0.2, 0) is 10.0 Å². The molecule has 7 heteroatoms.